The minimum Gasteiger partial charge on any atom is -0.480 e. The van der Waals surface area contributed by atoms with Crippen molar-refractivity contribution in [2.24, 2.45) is 0 Å². The molecule has 27 heavy (non-hydrogen) atoms. The van der Waals surface area contributed by atoms with E-state index in [0.717, 1.165) is 0 Å². The average molecular weight is 408 g/mol. The molecule has 13 heteroatoms. The highest BCUT2D eigenvalue weighted by atomic mass is 32.1. The Kier molecular flexibility index (Phi) is 11.6. The molecule has 2 atom stereocenters. The van der Waals surface area contributed by atoms with Gasteiger partial charge in [-0.2, -0.15) is 12.6 Å². The molecule has 0 bridgehead atoms. The third-order valence-corrected chi connectivity index (χ3v) is 3.54. The lowest BCUT2D eigenvalue weighted by Gasteiger charge is -2.20. The van der Waals surface area contributed by atoms with Crippen molar-refractivity contribution in [2.75, 3.05) is 18.8 Å². The molecular formula is C14H24N4O8S. The zero-order valence-electron chi connectivity index (χ0n) is 14.7. The zero-order chi connectivity index (χ0) is 21.0. The highest BCUT2D eigenvalue weighted by Gasteiger charge is 2.25. The number of hydrogen-bond acceptors (Lipinski definition) is 7. The molecule has 0 rings (SSSR count). The molecule has 0 aromatic carbocycles. The van der Waals surface area contributed by atoms with Gasteiger partial charge in [0.25, 0.3) is 0 Å². The molecule has 12 nitrogen and oxygen atoms in total. The van der Waals surface area contributed by atoms with Crippen LogP contribution in [0.15, 0.2) is 0 Å². The average Bonchev–Trinajstić information content (AvgIpc) is 2.60. The van der Waals surface area contributed by atoms with Crippen molar-refractivity contribution in [1.29, 1.82) is 0 Å². The summed E-state index contributed by atoms with van der Waals surface area (Å²) in [6.07, 6.45) is -0.172. The minimum absolute atomic E-state index is 0.00768. The highest BCUT2D eigenvalue weighted by molar-refractivity contribution is 7.80. The molecule has 0 fully saturated rings. The molecule has 0 aliphatic rings. The fraction of sp³-hybridized carbons (Fsp3) is 0.643. The van der Waals surface area contributed by atoms with Gasteiger partial charge in [0, 0.05) is 18.7 Å². The van der Waals surface area contributed by atoms with Crippen LogP contribution in [0, 0.1) is 0 Å². The van der Waals surface area contributed by atoms with Crippen LogP contribution in [0.4, 0.5) is 4.79 Å². The summed E-state index contributed by atoms with van der Waals surface area (Å²) >= 11 is 3.90. The van der Waals surface area contributed by atoms with E-state index in [4.69, 9.17) is 10.2 Å². The van der Waals surface area contributed by atoms with Gasteiger partial charge in [-0.1, -0.05) is 6.92 Å². The Hall–Kier alpha value is -2.54. The van der Waals surface area contributed by atoms with Gasteiger partial charge < -0.3 is 26.2 Å². The summed E-state index contributed by atoms with van der Waals surface area (Å²) in [5.41, 5.74) is 0. The molecule has 0 aliphatic carbocycles. The van der Waals surface area contributed by atoms with E-state index in [9.17, 15) is 29.2 Å². The second-order valence-electron chi connectivity index (χ2n) is 5.42. The van der Waals surface area contributed by atoms with Crippen LogP contribution in [0.5, 0.6) is 0 Å². The smallest absolute Gasteiger partial charge is 0.341 e. The quantitative estimate of drug-likeness (QED) is 0.117. The summed E-state index contributed by atoms with van der Waals surface area (Å²) in [6, 6.07) is -3.54. The Morgan fingerprint density at radius 3 is 2.19 bits per heavy atom. The maximum absolute atomic E-state index is 11.9. The number of carbonyl (C=O) groups excluding carboxylic acids is 3. The highest BCUT2D eigenvalue weighted by Crippen LogP contribution is 2.01. The van der Waals surface area contributed by atoms with Gasteiger partial charge in [-0.3, -0.25) is 19.6 Å². The van der Waals surface area contributed by atoms with Crippen LogP contribution in [0.25, 0.3) is 0 Å². The topological polar surface area (TPSA) is 185 Å². The number of thiol groups is 1. The minimum atomic E-state index is -1.43. The van der Waals surface area contributed by atoms with E-state index in [1.807, 2.05) is 0 Å². The lowest BCUT2D eigenvalue weighted by Crippen LogP contribution is -2.50. The summed E-state index contributed by atoms with van der Waals surface area (Å²) in [4.78, 5) is 56.8. The summed E-state index contributed by atoms with van der Waals surface area (Å²) in [5.74, 6) is -4.19. The number of carboxylic acids is 2. The number of nitrogens with one attached hydrogen (secondary N) is 3. The fourth-order valence-corrected chi connectivity index (χ4v) is 2.07. The Bertz CT molecular complexity index is 559. The van der Waals surface area contributed by atoms with E-state index in [1.165, 1.54) is 0 Å². The standard InChI is InChI=1S/C14H24N4O8S/c1-2-5-18(26)14(25)17-8(13(23)24)3-4-10(19)16-9(7-27)12(22)15-6-11(20)21/h8-9,26-27H,2-7H2,1H3,(H,15,22)(H,16,19)(H,17,25)(H,20,21)(H,23,24)/t8-,9-/m0/s1. The van der Waals surface area contributed by atoms with Crippen LogP contribution < -0.4 is 16.0 Å². The number of amides is 4. The number of aliphatic carboxylic acids is 2. The van der Waals surface area contributed by atoms with Gasteiger partial charge in [-0.05, 0) is 12.8 Å². The SMILES string of the molecule is CCCN(O)C(=O)N[C@@H](CCC(=O)N[C@@H](CS)C(=O)NCC(=O)O)C(=O)O. The summed E-state index contributed by atoms with van der Waals surface area (Å²) < 4.78 is 0. The maximum Gasteiger partial charge on any atom is 0.341 e. The van der Waals surface area contributed by atoms with E-state index >= 15 is 0 Å². The molecule has 4 amide bonds. The van der Waals surface area contributed by atoms with Crippen molar-refractivity contribution >= 4 is 42.4 Å². The van der Waals surface area contributed by atoms with Crippen molar-refractivity contribution in [2.45, 2.75) is 38.3 Å². The summed E-state index contributed by atoms with van der Waals surface area (Å²) in [7, 11) is 0. The van der Waals surface area contributed by atoms with Crippen molar-refractivity contribution in [3.05, 3.63) is 0 Å². The molecule has 0 aromatic rings. The van der Waals surface area contributed by atoms with Gasteiger partial charge in [-0.15, -0.1) is 0 Å². The van der Waals surface area contributed by atoms with E-state index < -0.39 is 48.4 Å². The largest absolute Gasteiger partial charge is 0.480 e. The Morgan fingerprint density at radius 2 is 1.70 bits per heavy atom. The van der Waals surface area contributed by atoms with Crippen LogP contribution in [0.3, 0.4) is 0 Å². The van der Waals surface area contributed by atoms with Crippen LogP contribution in [-0.4, -0.2) is 81.2 Å². The Balaban J connectivity index is 4.59. The molecule has 0 radical (unpaired) electrons. The number of hydrogen-bond donors (Lipinski definition) is 7. The van der Waals surface area contributed by atoms with Gasteiger partial charge in [-0.25, -0.2) is 14.7 Å². The first-order valence-corrected chi connectivity index (χ1v) is 8.65. The zero-order valence-corrected chi connectivity index (χ0v) is 15.6. The van der Waals surface area contributed by atoms with Crippen molar-refractivity contribution in [3.8, 4) is 0 Å². The van der Waals surface area contributed by atoms with Crippen molar-refractivity contribution in [3.63, 3.8) is 0 Å². The number of hydroxylamine groups is 2. The molecule has 0 aromatic heterocycles. The molecule has 0 spiro atoms. The number of carboxylic acid groups (broad SMARTS) is 2. The van der Waals surface area contributed by atoms with Crippen LogP contribution >= 0.6 is 12.6 Å². The number of urea groups is 1. The van der Waals surface area contributed by atoms with Gasteiger partial charge in [0.05, 0.1) is 0 Å². The Labute approximate surface area is 160 Å². The summed E-state index contributed by atoms with van der Waals surface area (Å²) in [6.45, 7) is 1.09. The predicted molar refractivity (Wildman–Crippen MR) is 94.4 cm³/mol. The second-order valence-corrected chi connectivity index (χ2v) is 5.78. The molecule has 0 saturated heterocycles. The fourth-order valence-electron chi connectivity index (χ4n) is 1.82. The lowest BCUT2D eigenvalue weighted by molar-refractivity contribution is -0.140. The predicted octanol–water partition coefficient (Wildman–Crippen LogP) is -1.35. The van der Waals surface area contributed by atoms with E-state index in [2.05, 4.69) is 28.6 Å². The number of rotatable bonds is 12. The molecule has 6 N–H and O–H groups in total. The van der Waals surface area contributed by atoms with Gasteiger partial charge in [0.15, 0.2) is 0 Å². The number of nitrogens with zero attached hydrogens (tertiary/aromatic N) is 1. The first kappa shape index (κ1) is 24.5. The van der Waals surface area contributed by atoms with Crippen molar-refractivity contribution < 1.29 is 39.4 Å². The van der Waals surface area contributed by atoms with Crippen LogP contribution in [0.1, 0.15) is 26.2 Å². The summed E-state index contributed by atoms with van der Waals surface area (Å²) in [5, 5.41) is 33.8. The van der Waals surface area contributed by atoms with E-state index in [1.54, 1.807) is 6.92 Å². The maximum atomic E-state index is 11.9. The van der Waals surface area contributed by atoms with Gasteiger partial charge in [0.1, 0.15) is 18.6 Å². The number of carbonyl (C=O) groups is 5. The van der Waals surface area contributed by atoms with Gasteiger partial charge in [0.2, 0.25) is 11.8 Å². The lowest BCUT2D eigenvalue weighted by atomic mass is 10.1. The van der Waals surface area contributed by atoms with Crippen LogP contribution in [0.2, 0.25) is 0 Å². The second kappa shape index (κ2) is 12.8. The molecular weight excluding hydrogens is 384 g/mol. The molecule has 0 aliphatic heterocycles. The third kappa shape index (κ3) is 10.3. The van der Waals surface area contributed by atoms with Gasteiger partial charge >= 0.3 is 18.0 Å². The van der Waals surface area contributed by atoms with Crippen molar-refractivity contribution in [1.82, 2.24) is 21.0 Å². The van der Waals surface area contributed by atoms with Crippen LogP contribution in [-0.2, 0) is 19.2 Å². The van der Waals surface area contributed by atoms with E-state index in [0.29, 0.717) is 11.5 Å². The Morgan fingerprint density at radius 1 is 1.07 bits per heavy atom. The molecule has 154 valence electrons. The monoisotopic (exact) mass is 408 g/mol. The van der Waals surface area contributed by atoms with E-state index in [-0.39, 0.29) is 25.1 Å². The normalized spacial score (nSPS) is 12.4. The molecule has 0 saturated carbocycles. The first-order chi connectivity index (χ1) is 12.6. The first-order valence-electron chi connectivity index (χ1n) is 8.01. The molecule has 0 unspecified atom stereocenters. The molecule has 0 heterocycles. The third-order valence-electron chi connectivity index (χ3n) is 3.17.